The topological polar surface area (TPSA) is 59.9 Å². The molecule has 0 aliphatic heterocycles. The minimum Gasteiger partial charge on any atom is -0.461 e. The summed E-state index contributed by atoms with van der Waals surface area (Å²) in [6, 6.07) is 8.35. The van der Waals surface area contributed by atoms with E-state index < -0.39 is 0 Å². The Balaban J connectivity index is 2.09. The summed E-state index contributed by atoms with van der Waals surface area (Å²) < 4.78 is 5.42. The summed E-state index contributed by atoms with van der Waals surface area (Å²) in [5.41, 5.74) is 2.38. The van der Waals surface area contributed by atoms with Crippen molar-refractivity contribution in [3.63, 3.8) is 0 Å². The predicted molar refractivity (Wildman–Crippen MR) is 79.1 cm³/mol. The minimum absolute atomic E-state index is 0.0160. The van der Waals surface area contributed by atoms with Crippen molar-refractivity contribution in [3.8, 4) is 6.01 Å². The third-order valence-corrected chi connectivity index (χ3v) is 2.80. The van der Waals surface area contributed by atoms with Crippen LogP contribution in [0, 0.1) is 6.92 Å². The molecule has 0 atom stereocenters. The summed E-state index contributed by atoms with van der Waals surface area (Å²) in [7, 11) is 0. The lowest BCUT2D eigenvalue weighted by atomic mass is 10.1. The van der Waals surface area contributed by atoms with Crippen molar-refractivity contribution in [1.82, 2.24) is 15.0 Å². The highest BCUT2D eigenvalue weighted by atomic mass is 35.5. The van der Waals surface area contributed by atoms with Crippen LogP contribution in [-0.4, -0.2) is 21.1 Å². The van der Waals surface area contributed by atoms with Crippen molar-refractivity contribution in [1.29, 1.82) is 0 Å². The highest BCUT2D eigenvalue weighted by molar-refractivity contribution is 6.28. The number of anilines is 1. The van der Waals surface area contributed by atoms with Crippen LogP contribution in [0.5, 0.6) is 6.01 Å². The van der Waals surface area contributed by atoms with Crippen molar-refractivity contribution in [2.24, 2.45) is 0 Å². The highest BCUT2D eigenvalue weighted by Crippen LogP contribution is 2.14. The maximum absolute atomic E-state index is 5.86. The number of aryl methyl sites for hydroxylation is 1. The van der Waals surface area contributed by atoms with E-state index in [0.29, 0.717) is 12.5 Å². The van der Waals surface area contributed by atoms with E-state index in [1.54, 1.807) is 0 Å². The van der Waals surface area contributed by atoms with Gasteiger partial charge in [-0.2, -0.15) is 15.0 Å². The molecule has 5 nitrogen and oxygen atoms in total. The summed E-state index contributed by atoms with van der Waals surface area (Å²) in [6.45, 7) is 6.48. The molecular formula is C14H17ClN4O. The van der Waals surface area contributed by atoms with Gasteiger partial charge in [0, 0.05) is 6.54 Å². The van der Waals surface area contributed by atoms with Crippen molar-refractivity contribution >= 4 is 17.5 Å². The van der Waals surface area contributed by atoms with Crippen LogP contribution >= 0.6 is 11.6 Å². The molecule has 0 saturated carbocycles. The standard InChI is InChI=1S/C14H17ClN4O/c1-9(2)20-14-18-12(15)17-13(19-14)16-8-11-7-5-4-6-10(11)3/h4-7,9H,8H2,1-3H3,(H,16,17,18,19). The van der Waals surface area contributed by atoms with Gasteiger partial charge in [-0.15, -0.1) is 0 Å². The number of ether oxygens (including phenoxy) is 1. The molecule has 1 heterocycles. The molecule has 0 amide bonds. The summed E-state index contributed by atoms with van der Waals surface area (Å²) in [5.74, 6) is 0.406. The van der Waals surface area contributed by atoms with Gasteiger partial charge in [0.25, 0.3) is 0 Å². The Kier molecular flexibility index (Phi) is 4.74. The lowest BCUT2D eigenvalue weighted by Crippen LogP contribution is -2.11. The fraction of sp³-hybridized carbons (Fsp3) is 0.357. The third-order valence-electron chi connectivity index (χ3n) is 2.63. The molecule has 0 spiro atoms. The van der Waals surface area contributed by atoms with E-state index in [9.17, 15) is 0 Å². The predicted octanol–water partition coefficient (Wildman–Crippen LogP) is 3.23. The Hall–Kier alpha value is -1.88. The van der Waals surface area contributed by atoms with Crippen molar-refractivity contribution in [2.45, 2.75) is 33.4 Å². The first-order valence-corrected chi connectivity index (χ1v) is 6.79. The fourth-order valence-corrected chi connectivity index (χ4v) is 1.81. The average molecular weight is 293 g/mol. The number of hydrogen-bond acceptors (Lipinski definition) is 5. The van der Waals surface area contributed by atoms with E-state index in [-0.39, 0.29) is 17.4 Å². The molecule has 0 aliphatic carbocycles. The first-order chi connectivity index (χ1) is 9.54. The first kappa shape index (κ1) is 14.5. The van der Waals surface area contributed by atoms with Crippen molar-refractivity contribution < 1.29 is 4.74 Å². The molecule has 0 radical (unpaired) electrons. The van der Waals surface area contributed by atoms with Crippen LogP contribution in [0.3, 0.4) is 0 Å². The summed E-state index contributed by atoms with van der Waals surface area (Å²) in [4.78, 5) is 12.1. The van der Waals surface area contributed by atoms with E-state index in [4.69, 9.17) is 16.3 Å². The second-order valence-electron chi connectivity index (χ2n) is 4.66. The monoisotopic (exact) mass is 292 g/mol. The normalized spacial score (nSPS) is 10.7. The fourth-order valence-electron chi connectivity index (χ4n) is 1.66. The van der Waals surface area contributed by atoms with Crippen molar-refractivity contribution in [2.75, 3.05) is 5.32 Å². The van der Waals surface area contributed by atoms with Gasteiger partial charge in [-0.25, -0.2) is 0 Å². The number of nitrogens with zero attached hydrogens (tertiary/aromatic N) is 3. The maximum atomic E-state index is 5.86. The minimum atomic E-state index is -0.0160. The van der Waals surface area contributed by atoms with E-state index in [1.165, 1.54) is 11.1 Å². The Labute approximate surface area is 123 Å². The van der Waals surface area contributed by atoms with Crippen LogP contribution in [0.1, 0.15) is 25.0 Å². The molecular weight excluding hydrogens is 276 g/mol. The largest absolute Gasteiger partial charge is 0.461 e. The van der Waals surface area contributed by atoms with Gasteiger partial charge < -0.3 is 10.1 Å². The smallest absolute Gasteiger partial charge is 0.322 e. The Morgan fingerprint density at radius 3 is 2.65 bits per heavy atom. The summed E-state index contributed by atoms with van der Waals surface area (Å²) >= 11 is 5.86. The molecule has 106 valence electrons. The molecule has 0 aliphatic rings. The number of hydrogen-bond donors (Lipinski definition) is 1. The van der Waals surface area contributed by atoms with Gasteiger partial charge in [0.05, 0.1) is 6.10 Å². The lowest BCUT2D eigenvalue weighted by Gasteiger charge is -2.10. The molecule has 0 fully saturated rings. The Morgan fingerprint density at radius 2 is 1.95 bits per heavy atom. The molecule has 1 N–H and O–H groups in total. The van der Waals surface area contributed by atoms with Crippen LogP contribution in [0.15, 0.2) is 24.3 Å². The maximum Gasteiger partial charge on any atom is 0.322 e. The SMILES string of the molecule is Cc1ccccc1CNc1nc(Cl)nc(OC(C)C)n1. The van der Waals surface area contributed by atoms with Gasteiger partial charge in [0.1, 0.15) is 0 Å². The molecule has 6 heteroatoms. The second-order valence-corrected chi connectivity index (χ2v) is 5.00. The van der Waals surface area contributed by atoms with Gasteiger partial charge in [0.15, 0.2) is 0 Å². The van der Waals surface area contributed by atoms with Gasteiger partial charge in [-0.05, 0) is 43.5 Å². The van der Waals surface area contributed by atoms with E-state index in [0.717, 1.165) is 0 Å². The van der Waals surface area contributed by atoms with E-state index in [1.807, 2.05) is 26.0 Å². The average Bonchev–Trinajstić information content (AvgIpc) is 2.36. The van der Waals surface area contributed by atoms with Crippen LogP contribution in [0.2, 0.25) is 5.28 Å². The molecule has 0 saturated heterocycles. The van der Waals surface area contributed by atoms with Gasteiger partial charge in [-0.3, -0.25) is 0 Å². The Morgan fingerprint density at radius 1 is 1.20 bits per heavy atom. The number of rotatable bonds is 5. The van der Waals surface area contributed by atoms with Gasteiger partial charge >= 0.3 is 6.01 Å². The summed E-state index contributed by atoms with van der Waals surface area (Å²) in [6.07, 6.45) is -0.0160. The zero-order valence-electron chi connectivity index (χ0n) is 11.7. The van der Waals surface area contributed by atoms with E-state index >= 15 is 0 Å². The van der Waals surface area contributed by atoms with Crippen molar-refractivity contribution in [3.05, 3.63) is 40.7 Å². The number of halogens is 1. The molecule has 2 rings (SSSR count). The lowest BCUT2D eigenvalue weighted by molar-refractivity contribution is 0.222. The Bertz CT molecular complexity index is 589. The molecule has 1 aromatic carbocycles. The molecule has 20 heavy (non-hydrogen) atoms. The van der Waals surface area contributed by atoms with E-state index in [2.05, 4.69) is 39.3 Å². The van der Waals surface area contributed by atoms with Gasteiger partial charge in [-0.1, -0.05) is 24.3 Å². The number of benzene rings is 1. The zero-order valence-corrected chi connectivity index (χ0v) is 12.5. The summed E-state index contributed by atoms with van der Waals surface area (Å²) in [5, 5.41) is 3.24. The zero-order chi connectivity index (χ0) is 14.5. The van der Waals surface area contributed by atoms with Crippen LogP contribution in [0.4, 0.5) is 5.95 Å². The second kappa shape index (κ2) is 6.52. The number of aromatic nitrogens is 3. The van der Waals surface area contributed by atoms with Crippen LogP contribution < -0.4 is 10.1 Å². The highest BCUT2D eigenvalue weighted by Gasteiger charge is 2.08. The molecule has 1 aromatic heterocycles. The molecule has 2 aromatic rings. The number of nitrogens with one attached hydrogen (secondary N) is 1. The molecule has 0 bridgehead atoms. The van der Waals surface area contributed by atoms with Crippen LogP contribution in [0.25, 0.3) is 0 Å². The van der Waals surface area contributed by atoms with Gasteiger partial charge in [0.2, 0.25) is 11.2 Å². The third kappa shape index (κ3) is 4.06. The first-order valence-electron chi connectivity index (χ1n) is 6.41. The van der Waals surface area contributed by atoms with Crippen LogP contribution in [-0.2, 0) is 6.54 Å². The quantitative estimate of drug-likeness (QED) is 0.917. The molecule has 0 unspecified atom stereocenters.